The molecule has 0 spiro atoms. The number of amides is 1. The molecule has 0 atom stereocenters. The van der Waals surface area contributed by atoms with E-state index < -0.39 is 0 Å². The first-order chi connectivity index (χ1) is 13.1. The third-order valence-electron chi connectivity index (χ3n) is 4.37. The third kappa shape index (κ3) is 3.21. The number of phenolic OH excluding ortho intramolecular Hbond substituents is 1. The van der Waals surface area contributed by atoms with Crippen LogP contribution >= 0.6 is 23.5 Å². The molecule has 2 heterocycles. The fraction of sp³-hybridized carbons (Fsp3) is 0.200. The van der Waals surface area contributed by atoms with Gasteiger partial charge in [-0.3, -0.25) is 9.69 Å². The highest BCUT2D eigenvalue weighted by atomic mass is 32.2. The van der Waals surface area contributed by atoms with Gasteiger partial charge in [0.2, 0.25) is 0 Å². The summed E-state index contributed by atoms with van der Waals surface area (Å²) in [7, 11) is 0. The van der Waals surface area contributed by atoms with Crippen LogP contribution in [0.1, 0.15) is 13.8 Å². The monoisotopic (exact) mass is 397 g/mol. The van der Waals surface area contributed by atoms with Crippen molar-refractivity contribution in [3.63, 3.8) is 0 Å². The van der Waals surface area contributed by atoms with Gasteiger partial charge in [0.1, 0.15) is 15.7 Å². The van der Waals surface area contributed by atoms with Gasteiger partial charge in [-0.25, -0.2) is 4.99 Å². The van der Waals surface area contributed by atoms with E-state index in [-0.39, 0.29) is 11.7 Å². The van der Waals surface area contributed by atoms with E-state index in [0.29, 0.717) is 17.4 Å². The highest BCUT2D eigenvalue weighted by Crippen LogP contribution is 2.50. The number of aromatic hydroxyl groups is 1. The molecule has 2 aromatic carbocycles. The van der Waals surface area contributed by atoms with E-state index >= 15 is 0 Å². The van der Waals surface area contributed by atoms with Gasteiger partial charge in [-0.2, -0.15) is 0 Å². The zero-order valence-electron chi connectivity index (χ0n) is 15.0. The second kappa shape index (κ2) is 7.32. The molecule has 138 valence electrons. The average molecular weight is 398 g/mol. The highest BCUT2D eigenvalue weighted by Gasteiger charge is 2.38. The number of anilines is 1. The van der Waals surface area contributed by atoms with Crippen molar-refractivity contribution >= 4 is 46.0 Å². The minimum absolute atomic E-state index is 0.00576. The number of benzene rings is 2. The summed E-state index contributed by atoms with van der Waals surface area (Å²) >= 11 is 3.06. The Bertz CT molecular complexity index is 954. The van der Waals surface area contributed by atoms with Crippen LogP contribution in [0.4, 0.5) is 11.4 Å². The number of likely N-dealkylation sites (N-methyl/N-ethyl adjacent to an activating group) is 1. The minimum atomic E-state index is -0.00576. The van der Waals surface area contributed by atoms with Crippen LogP contribution < -0.4 is 4.90 Å². The zero-order valence-corrected chi connectivity index (χ0v) is 16.7. The first-order valence-corrected chi connectivity index (χ1v) is 10.4. The molecule has 2 aliphatic rings. The molecular weight excluding hydrogens is 378 g/mol. The molecule has 1 N–H and O–H groups in total. The quantitative estimate of drug-likeness (QED) is 0.756. The maximum Gasteiger partial charge on any atom is 0.269 e. The Morgan fingerprint density at radius 1 is 0.963 bits per heavy atom. The van der Waals surface area contributed by atoms with E-state index in [1.54, 1.807) is 40.9 Å². The Labute approximate surface area is 166 Å². The predicted octanol–water partition coefficient (Wildman–Crippen LogP) is 4.78. The Kier molecular flexibility index (Phi) is 4.88. The van der Waals surface area contributed by atoms with Crippen LogP contribution in [0.2, 0.25) is 0 Å². The number of rotatable bonds is 3. The van der Waals surface area contributed by atoms with Crippen molar-refractivity contribution in [2.75, 3.05) is 18.0 Å². The standard InChI is InChI=1S/C20H19N3O2S2/c1-3-22-15-7-5-6-8-16(15)26-19(22)17-18(25)23(4-2)20(27-17)21-13-9-11-14(24)12-10-13/h5-12,24H,3-4H2,1-2H3. The van der Waals surface area contributed by atoms with Crippen molar-refractivity contribution in [2.45, 2.75) is 18.7 Å². The maximum atomic E-state index is 13.1. The van der Waals surface area contributed by atoms with Crippen LogP contribution in [-0.4, -0.2) is 34.2 Å². The lowest BCUT2D eigenvalue weighted by atomic mass is 10.3. The number of hydrogen-bond donors (Lipinski definition) is 1. The average Bonchev–Trinajstić information content (AvgIpc) is 3.20. The molecule has 2 aliphatic heterocycles. The van der Waals surface area contributed by atoms with Gasteiger partial charge >= 0.3 is 0 Å². The summed E-state index contributed by atoms with van der Waals surface area (Å²) in [5, 5.41) is 11.1. The number of thioether (sulfide) groups is 2. The van der Waals surface area contributed by atoms with Crippen LogP contribution in [0.3, 0.4) is 0 Å². The van der Waals surface area contributed by atoms with E-state index in [0.717, 1.165) is 22.2 Å². The number of para-hydroxylation sites is 1. The summed E-state index contributed by atoms with van der Waals surface area (Å²) in [6.45, 7) is 5.40. The number of carbonyl (C=O) groups is 1. The van der Waals surface area contributed by atoms with E-state index in [1.165, 1.54) is 16.7 Å². The first kappa shape index (κ1) is 18.0. The molecular formula is C20H19N3O2S2. The summed E-state index contributed by atoms with van der Waals surface area (Å²) in [5.41, 5.74) is 1.86. The second-order valence-corrected chi connectivity index (χ2v) is 8.02. The lowest BCUT2D eigenvalue weighted by Gasteiger charge is -2.19. The van der Waals surface area contributed by atoms with Gasteiger partial charge in [-0.15, -0.1) is 0 Å². The summed E-state index contributed by atoms with van der Waals surface area (Å²) < 4.78 is 0. The van der Waals surface area contributed by atoms with Gasteiger partial charge in [0, 0.05) is 18.0 Å². The smallest absolute Gasteiger partial charge is 0.269 e. The van der Waals surface area contributed by atoms with Crippen molar-refractivity contribution < 1.29 is 9.90 Å². The molecule has 7 heteroatoms. The largest absolute Gasteiger partial charge is 0.508 e. The van der Waals surface area contributed by atoms with E-state index in [4.69, 9.17) is 0 Å². The second-order valence-electron chi connectivity index (χ2n) is 6.01. The molecule has 4 rings (SSSR count). The van der Waals surface area contributed by atoms with Gasteiger partial charge in [0.05, 0.1) is 11.4 Å². The maximum absolute atomic E-state index is 13.1. The lowest BCUT2D eigenvalue weighted by molar-refractivity contribution is -0.122. The molecule has 0 bridgehead atoms. The summed E-state index contributed by atoms with van der Waals surface area (Å²) in [6.07, 6.45) is 0. The number of hydrogen-bond acceptors (Lipinski definition) is 6. The molecule has 0 aliphatic carbocycles. The Balaban J connectivity index is 1.74. The van der Waals surface area contributed by atoms with Crippen LogP contribution in [0.5, 0.6) is 5.75 Å². The SMILES string of the molecule is CCN1C(=O)C(=C2Sc3ccccc3N2CC)SC1=Nc1ccc(O)cc1. The van der Waals surface area contributed by atoms with Gasteiger partial charge in [-0.05, 0) is 62.0 Å². The number of fused-ring (bicyclic) bond motifs is 1. The Hall–Kier alpha value is -2.38. The molecule has 0 unspecified atom stereocenters. The van der Waals surface area contributed by atoms with Crippen LogP contribution in [-0.2, 0) is 4.79 Å². The van der Waals surface area contributed by atoms with Crippen molar-refractivity contribution in [1.82, 2.24) is 4.90 Å². The number of phenols is 1. The van der Waals surface area contributed by atoms with Crippen molar-refractivity contribution in [2.24, 2.45) is 4.99 Å². The minimum Gasteiger partial charge on any atom is -0.508 e. The lowest BCUT2D eigenvalue weighted by Crippen LogP contribution is -2.29. The van der Waals surface area contributed by atoms with E-state index in [1.807, 2.05) is 19.1 Å². The highest BCUT2D eigenvalue weighted by molar-refractivity contribution is 8.19. The molecule has 1 amide bonds. The predicted molar refractivity (Wildman–Crippen MR) is 113 cm³/mol. The molecule has 1 fully saturated rings. The van der Waals surface area contributed by atoms with Crippen molar-refractivity contribution in [3.05, 3.63) is 58.5 Å². The Morgan fingerprint density at radius 2 is 1.67 bits per heavy atom. The summed E-state index contributed by atoms with van der Waals surface area (Å²) in [6, 6.07) is 14.9. The van der Waals surface area contributed by atoms with Crippen LogP contribution in [0, 0.1) is 0 Å². The van der Waals surface area contributed by atoms with Gasteiger partial charge in [-0.1, -0.05) is 23.9 Å². The zero-order chi connectivity index (χ0) is 19.0. The molecule has 0 radical (unpaired) electrons. The summed E-state index contributed by atoms with van der Waals surface area (Å²) in [5.74, 6) is 0.191. The number of aliphatic imine (C=N–C) groups is 1. The van der Waals surface area contributed by atoms with Gasteiger partial charge in [0.15, 0.2) is 5.17 Å². The molecule has 27 heavy (non-hydrogen) atoms. The fourth-order valence-electron chi connectivity index (χ4n) is 3.05. The van der Waals surface area contributed by atoms with Crippen molar-refractivity contribution in [3.8, 4) is 5.75 Å². The Morgan fingerprint density at radius 3 is 2.37 bits per heavy atom. The molecule has 0 saturated carbocycles. The molecule has 0 aromatic heterocycles. The van der Waals surface area contributed by atoms with Crippen LogP contribution in [0.25, 0.3) is 0 Å². The number of nitrogens with zero attached hydrogens (tertiary/aromatic N) is 3. The van der Waals surface area contributed by atoms with E-state index in [2.05, 4.69) is 28.9 Å². The van der Waals surface area contributed by atoms with E-state index in [9.17, 15) is 9.90 Å². The topological polar surface area (TPSA) is 56.1 Å². The molecule has 1 saturated heterocycles. The van der Waals surface area contributed by atoms with Crippen LogP contribution in [0.15, 0.2) is 68.4 Å². The summed E-state index contributed by atoms with van der Waals surface area (Å²) in [4.78, 5) is 23.5. The number of carbonyl (C=O) groups excluding carboxylic acids is 1. The van der Waals surface area contributed by atoms with Gasteiger partial charge in [0.25, 0.3) is 5.91 Å². The first-order valence-electron chi connectivity index (χ1n) is 8.78. The fourth-order valence-corrected chi connectivity index (χ4v) is 5.51. The number of amidine groups is 1. The molecule has 2 aromatic rings. The van der Waals surface area contributed by atoms with Gasteiger partial charge < -0.3 is 10.0 Å². The normalized spacial score (nSPS) is 20.7. The van der Waals surface area contributed by atoms with Crippen molar-refractivity contribution in [1.29, 1.82) is 0 Å². The third-order valence-corrected chi connectivity index (χ3v) is 6.75. The molecule has 5 nitrogen and oxygen atoms in total.